The highest BCUT2D eigenvalue weighted by Crippen LogP contribution is 2.34. The highest BCUT2D eigenvalue weighted by Gasteiger charge is 2.28. The summed E-state index contributed by atoms with van der Waals surface area (Å²) < 4.78 is 0. The molecule has 0 aliphatic carbocycles. The lowest BCUT2D eigenvalue weighted by Gasteiger charge is -2.09. The fourth-order valence-corrected chi connectivity index (χ4v) is 7.11. The van der Waals surface area contributed by atoms with Crippen LogP contribution in [0.1, 0.15) is 15.2 Å². The molecule has 0 radical (unpaired) electrons. The van der Waals surface area contributed by atoms with Crippen molar-refractivity contribution in [1.29, 1.82) is 0 Å². The second-order valence-electron chi connectivity index (χ2n) is 7.34. The van der Waals surface area contributed by atoms with E-state index in [4.69, 9.17) is 0 Å². The molecule has 4 aromatic carbocycles. The first-order chi connectivity index (χ1) is 16.3. The minimum Gasteiger partial charge on any atom is -0.288 e. The van der Waals surface area contributed by atoms with E-state index in [1.165, 1.54) is 30.9 Å². The molecule has 0 aliphatic rings. The van der Waals surface area contributed by atoms with Crippen LogP contribution in [0.25, 0.3) is 0 Å². The van der Waals surface area contributed by atoms with Gasteiger partial charge in [-0.3, -0.25) is 4.79 Å². The molecule has 5 rings (SSSR count). The molecule has 0 saturated heterocycles. The third kappa shape index (κ3) is 5.14. The molecule has 33 heavy (non-hydrogen) atoms. The molecule has 5 aromatic rings. The zero-order valence-corrected chi connectivity index (χ0v) is 20.2. The van der Waals surface area contributed by atoms with Crippen LogP contribution in [0.15, 0.2) is 151 Å². The number of benzene rings is 4. The molecule has 0 atom stereocenters. The number of thiophene rings is 1. The quantitative estimate of drug-likeness (QED) is 0.172. The molecule has 160 valence electrons. The minimum atomic E-state index is -0.138. The topological polar surface area (TPSA) is 17.1 Å². The third-order valence-electron chi connectivity index (χ3n) is 5.11. The lowest BCUT2D eigenvalue weighted by Crippen LogP contribution is -2.04. The summed E-state index contributed by atoms with van der Waals surface area (Å²) in [6.45, 7) is 0. The Bertz CT molecular complexity index is 1270. The van der Waals surface area contributed by atoms with Crippen molar-refractivity contribution in [1.82, 2.24) is 0 Å². The Hall–Kier alpha value is -3.05. The SMILES string of the molecule is O=C(c1ccc(Sc2ccc([S+](c3ccccc3)c3ccccc3)cc2)cc1)c1cccs1. The summed E-state index contributed by atoms with van der Waals surface area (Å²) in [7, 11) is -0.138. The predicted octanol–water partition coefficient (Wildman–Crippen LogP) is 8.23. The largest absolute Gasteiger partial charge is 0.288 e. The second kappa shape index (κ2) is 10.3. The maximum atomic E-state index is 12.5. The summed E-state index contributed by atoms with van der Waals surface area (Å²) in [4.78, 5) is 19.5. The Kier molecular flexibility index (Phi) is 6.77. The van der Waals surface area contributed by atoms with E-state index in [2.05, 4.69) is 84.9 Å². The van der Waals surface area contributed by atoms with Crippen LogP contribution >= 0.6 is 23.1 Å². The first-order valence-electron chi connectivity index (χ1n) is 10.6. The van der Waals surface area contributed by atoms with Gasteiger partial charge in [0.2, 0.25) is 5.78 Å². The Morgan fingerprint density at radius 2 is 1.09 bits per heavy atom. The summed E-state index contributed by atoms with van der Waals surface area (Å²) in [5.74, 6) is 0.0831. The van der Waals surface area contributed by atoms with Gasteiger partial charge in [-0.25, -0.2) is 0 Å². The summed E-state index contributed by atoms with van der Waals surface area (Å²) in [6.07, 6.45) is 0. The molecule has 0 fully saturated rings. The number of rotatable bonds is 7. The van der Waals surface area contributed by atoms with Gasteiger partial charge in [0, 0.05) is 15.4 Å². The van der Waals surface area contributed by atoms with Crippen molar-refractivity contribution >= 4 is 39.8 Å². The molecule has 1 nitrogen and oxygen atoms in total. The van der Waals surface area contributed by atoms with Crippen molar-refractivity contribution in [2.45, 2.75) is 24.5 Å². The van der Waals surface area contributed by atoms with Crippen LogP contribution < -0.4 is 0 Å². The van der Waals surface area contributed by atoms with E-state index in [0.717, 1.165) is 15.3 Å². The zero-order valence-electron chi connectivity index (χ0n) is 17.8. The van der Waals surface area contributed by atoms with Gasteiger partial charge in [-0.1, -0.05) is 54.2 Å². The van der Waals surface area contributed by atoms with Gasteiger partial charge in [0.15, 0.2) is 14.7 Å². The number of hydrogen-bond acceptors (Lipinski definition) is 3. The van der Waals surface area contributed by atoms with Crippen LogP contribution in [0.5, 0.6) is 0 Å². The predicted molar refractivity (Wildman–Crippen MR) is 140 cm³/mol. The van der Waals surface area contributed by atoms with Gasteiger partial charge in [-0.2, -0.15) is 0 Å². The second-order valence-corrected chi connectivity index (χ2v) is 11.5. The Morgan fingerprint density at radius 1 is 0.576 bits per heavy atom. The van der Waals surface area contributed by atoms with E-state index in [1.807, 2.05) is 41.8 Å². The van der Waals surface area contributed by atoms with Crippen LogP contribution in [0.3, 0.4) is 0 Å². The summed E-state index contributed by atoms with van der Waals surface area (Å²) in [5, 5.41) is 1.93. The van der Waals surface area contributed by atoms with Crippen molar-refractivity contribution < 1.29 is 4.79 Å². The van der Waals surface area contributed by atoms with E-state index in [-0.39, 0.29) is 16.7 Å². The lowest BCUT2D eigenvalue weighted by atomic mass is 10.1. The molecule has 1 heterocycles. The van der Waals surface area contributed by atoms with E-state index in [1.54, 1.807) is 11.8 Å². The summed E-state index contributed by atoms with van der Waals surface area (Å²) in [5.41, 5.74) is 0.729. The Balaban J connectivity index is 1.35. The van der Waals surface area contributed by atoms with Crippen LogP contribution in [-0.4, -0.2) is 5.78 Å². The molecule has 1 aromatic heterocycles. The van der Waals surface area contributed by atoms with Crippen LogP contribution in [0, 0.1) is 0 Å². The molecule has 0 amide bonds. The smallest absolute Gasteiger partial charge is 0.202 e. The Morgan fingerprint density at radius 3 is 1.61 bits per heavy atom. The van der Waals surface area contributed by atoms with Gasteiger partial charge in [0.25, 0.3) is 0 Å². The first-order valence-corrected chi connectivity index (χ1v) is 13.5. The highest BCUT2D eigenvalue weighted by atomic mass is 32.2. The molecular formula is C29H21OS3+. The third-order valence-corrected chi connectivity index (χ3v) is 9.23. The molecule has 0 aliphatic heterocycles. The molecular weight excluding hydrogens is 461 g/mol. The normalized spacial score (nSPS) is 10.9. The van der Waals surface area contributed by atoms with Crippen LogP contribution in [0.4, 0.5) is 0 Å². The first kappa shape index (κ1) is 21.8. The molecule has 4 heteroatoms. The Labute approximate surface area is 205 Å². The molecule has 0 unspecified atom stereocenters. The maximum absolute atomic E-state index is 12.5. The van der Waals surface area contributed by atoms with E-state index < -0.39 is 0 Å². The average molecular weight is 482 g/mol. The van der Waals surface area contributed by atoms with Crippen molar-refractivity contribution in [2.24, 2.45) is 0 Å². The molecule has 0 saturated carbocycles. The average Bonchev–Trinajstić information content (AvgIpc) is 3.42. The van der Waals surface area contributed by atoms with Crippen LogP contribution in [-0.2, 0) is 10.9 Å². The van der Waals surface area contributed by atoms with Crippen LogP contribution in [0.2, 0.25) is 0 Å². The van der Waals surface area contributed by atoms with Crippen molar-refractivity contribution in [3.05, 3.63) is 137 Å². The number of carbonyl (C=O) groups excluding carboxylic acids is 1. The van der Waals surface area contributed by atoms with Gasteiger partial charge >= 0.3 is 0 Å². The van der Waals surface area contributed by atoms with Gasteiger partial charge in [-0.15, -0.1) is 11.3 Å². The molecule has 0 N–H and O–H groups in total. The monoisotopic (exact) mass is 481 g/mol. The van der Waals surface area contributed by atoms with Gasteiger partial charge in [-0.05, 0) is 84.2 Å². The van der Waals surface area contributed by atoms with E-state index in [0.29, 0.717) is 0 Å². The maximum Gasteiger partial charge on any atom is 0.202 e. The fraction of sp³-hybridized carbons (Fsp3) is 0. The number of carbonyl (C=O) groups is 1. The fourth-order valence-electron chi connectivity index (χ4n) is 3.53. The van der Waals surface area contributed by atoms with Gasteiger partial charge in [0.1, 0.15) is 0 Å². The van der Waals surface area contributed by atoms with Gasteiger partial charge < -0.3 is 0 Å². The molecule has 0 spiro atoms. The van der Waals surface area contributed by atoms with Gasteiger partial charge in [0.05, 0.1) is 15.8 Å². The van der Waals surface area contributed by atoms with Crippen molar-refractivity contribution in [2.75, 3.05) is 0 Å². The highest BCUT2D eigenvalue weighted by molar-refractivity contribution is 7.99. The molecule has 0 bridgehead atoms. The van der Waals surface area contributed by atoms with E-state index >= 15 is 0 Å². The van der Waals surface area contributed by atoms with Crippen molar-refractivity contribution in [3.8, 4) is 0 Å². The standard InChI is InChI=1S/C29H21OS3/c30-29(28-12-7-21-31-28)22-13-15-23(16-14-22)32-24-17-19-27(20-18-24)33(25-8-3-1-4-9-25)26-10-5-2-6-11-26/h1-21H/q+1. The summed E-state index contributed by atoms with van der Waals surface area (Å²) in [6, 6.07) is 41.9. The van der Waals surface area contributed by atoms with Crippen molar-refractivity contribution in [3.63, 3.8) is 0 Å². The zero-order chi connectivity index (χ0) is 22.5. The number of hydrogen-bond donors (Lipinski definition) is 0. The minimum absolute atomic E-state index is 0.0831. The van der Waals surface area contributed by atoms with E-state index in [9.17, 15) is 4.79 Å². The number of ketones is 1. The lowest BCUT2D eigenvalue weighted by molar-refractivity contribution is 0.104. The summed E-state index contributed by atoms with van der Waals surface area (Å²) >= 11 is 3.19.